The van der Waals surface area contributed by atoms with Gasteiger partial charge in [0.2, 0.25) is 5.91 Å². The first-order chi connectivity index (χ1) is 16.5. The molecular weight excluding hydrogens is 436 g/mol. The predicted molar refractivity (Wildman–Crippen MR) is 129 cm³/mol. The fourth-order valence-corrected chi connectivity index (χ4v) is 2.90. The second-order valence-corrected chi connectivity index (χ2v) is 6.91. The summed E-state index contributed by atoms with van der Waals surface area (Å²) in [5, 5.41) is 5.54. The first kappa shape index (κ1) is 24.1. The minimum Gasteiger partial charge on any atom is -0.497 e. The van der Waals surface area contributed by atoms with Crippen LogP contribution in [0.3, 0.4) is 0 Å². The predicted octanol–water partition coefficient (Wildman–Crippen LogP) is 5.13. The van der Waals surface area contributed by atoms with Gasteiger partial charge in [-0.1, -0.05) is 24.3 Å². The number of ether oxygens (including phenoxy) is 3. The van der Waals surface area contributed by atoms with Crippen LogP contribution in [0.5, 0.6) is 11.5 Å². The third-order valence-corrected chi connectivity index (χ3v) is 4.53. The van der Waals surface area contributed by atoms with E-state index in [0.29, 0.717) is 22.7 Å². The molecule has 0 aliphatic rings. The first-order valence-electron chi connectivity index (χ1n) is 10.5. The van der Waals surface area contributed by atoms with Crippen LogP contribution in [0, 0.1) is 0 Å². The molecule has 2 N–H and O–H groups in total. The Kier molecular flexibility index (Phi) is 8.40. The lowest BCUT2D eigenvalue weighted by molar-refractivity contribution is -0.111. The van der Waals surface area contributed by atoms with Gasteiger partial charge in [-0.25, -0.2) is 4.79 Å². The van der Waals surface area contributed by atoms with Crippen LogP contribution in [0.1, 0.15) is 22.8 Å². The fourth-order valence-electron chi connectivity index (χ4n) is 2.90. The maximum Gasteiger partial charge on any atom is 0.513 e. The Bertz CT molecular complexity index is 1190. The van der Waals surface area contributed by atoms with Crippen molar-refractivity contribution in [2.75, 3.05) is 24.4 Å². The van der Waals surface area contributed by atoms with Crippen LogP contribution < -0.4 is 20.1 Å². The third kappa shape index (κ3) is 6.96. The van der Waals surface area contributed by atoms with Crippen LogP contribution in [0.15, 0.2) is 78.9 Å². The van der Waals surface area contributed by atoms with E-state index in [9.17, 15) is 14.4 Å². The number of nitrogens with one attached hydrogen (secondary N) is 2. The summed E-state index contributed by atoms with van der Waals surface area (Å²) in [6, 6.07) is 20.2. The van der Waals surface area contributed by atoms with Gasteiger partial charge in [-0.15, -0.1) is 0 Å². The summed E-state index contributed by atoms with van der Waals surface area (Å²) in [7, 11) is 1.58. The van der Waals surface area contributed by atoms with E-state index in [1.165, 1.54) is 30.3 Å². The Morgan fingerprint density at radius 2 is 1.56 bits per heavy atom. The zero-order chi connectivity index (χ0) is 24.3. The maximum absolute atomic E-state index is 12.7. The zero-order valence-electron chi connectivity index (χ0n) is 18.7. The van der Waals surface area contributed by atoms with Crippen molar-refractivity contribution in [3.05, 3.63) is 90.0 Å². The molecule has 174 valence electrons. The minimum absolute atomic E-state index is 0.200. The van der Waals surface area contributed by atoms with Gasteiger partial charge in [0.05, 0.1) is 25.1 Å². The topological polar surface area (TPSA) is 103 Å². The van der Waals surface area contributed by atoms with Gasteiger partial charge in [0.25, 0.3) is 5.91 Å². The molecular formula is C26H24N2O6. The Hall–Kier alpha value is -4.59. The molecule has 8 nitrogen and oxygen atoms in total. The minimum atomic E-state index is -0.815. The van der Waals surface area contributed by atoms with Gasteiger partial charge >= 0.3 is 6.16 Å². The maximum atomic E-state index is 12.7. The Labute approximate surface area is 197 Å². The highest BCUT2D eigenvalue weighted by molar-refractivity contribution is 6.09. The van der Waals surface area contributed by atoms with Gasteiger partial charge in [0.1, 0.15) is 11.5 Å². The summed E-state index contributed by atoms with van der Waals surface area (Å²) >= 11 is 0. The van der Waals surface area contributed by atoms with Crippen LogP contribution in [0.25, 0.3) is 6.08 Å². The highest BCUT2D eigenvalue weighted by Gasteiger charge is 2.11. The van der Waals surface area contributed by atoms with Crippen molar-refractivity contribution in [2.45, 2.75) is 6.92 Å². The van der Waals surface area contributed by atoms with Crippen molar-refractivity contribution in [3.8, 4) is 11.5 Å². The second kappa shape index (κ2) is 11.9. The molecule has 0 spiro atoms. The molecule has 0 saturated carbocycles. The lowest BCUT2D eigenvalue weighted by atomic mass is 10.2. The molecule has 0 bridgehead atoms. The number of methoxy groups -OCH3 is 1. The van der Waals surface area contributed by atoms with E-state index in [-0.39, 0.29) is 18.3 Å². The smallest absolute Gasteiger partial charge is 0.497 e. The summed E-state index contributed by atoms with van der Waals surface area (Å²) in [5.41, 5.74) is 2.03. The van der Waals surface area contributed by atoms with Crippen molar-refractivity contribution in [1.29, 1.82) is 0 Å². The van der Waals surface area contributed by atoms with Gasteiger partial charge in [-0.05, 0) is 67.1 Å². The number of anilines is 2. The van der Waals surface area contributed by atoms with Crippen LogP contribution >= 0.6 is 0 Å². The molecule has 0 aliphatic heterocycles. The summed E-state index contributed by atoms with van der Waals surface area (Å²) in [6.07, 6.45) is 2.25. The molecule has 3 rings (SSSR count). The van der Waals surface area contributed by atoms with E-state index < -0.39 is 12.1 Å². The Morgan fingerprint density at radius 3 is 2.24 bits per heavy atom. The molecule has 0 fully saturated rings. The molecule has 2 amide bonds. The quantitative estimate of drug-likeness (QED) is 0.274. The number of amides is 2. The van der Waals surface area contributed by atoms with Gasteiger partial charge < -0.3 is 24.8 Å². The zero-order valence-corrected chi connectivity index (χ0v) is 18.7. The lowest BCUT2D eigenvalue weighted by Crippen LogP contribution is -2.15. The average Bonchev–Trinajstić information content (AvgIpc) is 2.84. The summed E-state index contributed by atoms with van der Waals surface area (Å²) < 4.78 is 14.9. The number of carbonyl (C=O) groups is 3. The molecule has 0 unspecified atom stereocenters. The summed E-state index contributed by atoms with van der Waals surface area (Å²) in [6.45, 7) is 1.87. The largest absolute Gasteiger partial charge is 0.513 e. The highest BCUT2D eigenvalue weighted by atomic mass is 16.7. The summed E-state index contributed by atoms with van der Waals surface area (Å²) in [4.78, 5) is 36.5. The Balaban J connectivity index is 1.64. The number of hydrogen-bond donors (Lipinski definition) is 2. The van der Waals surface area contributed by atoms with Gasteiger partial charge in [-0.2, -0.15) is 0 Å². The van der Waals surface area contributed by atoms with E-state index in [0.717, 1.165) is 5.56 Å². The normalized spacial score (nSPS) is 10.4. The van der Waals surface area contributed by atoms with Crippen molar-refractivity contribution < 1.29 is 28.6 Å². The monoisotopic (exact) mass is 460 g/mol. The van der Waals surface area contributed by atoms with E-state index in [2.05, 4.69) is 10.6 Å². The van der Waals surface area contributed by atoms with E-state index >= 15 is 0 Å². The van der Waals surface area contributed by atoms with Crippen LogP contribution in [0.2, 0.25) is 0 Å². The second-order valence-electron chi connectivity index (χ2n) is 6.91. The van der Waals surface area contributed by atoms with Crippen LogP contribution in [-0.2, 0) is 9.53 Å². The van der Waals surface area contributed by atoms with Crippen molar-refractivity contribution in [1.82, 2.24) is 0 Å². The fraction of sp³-hybridized carbons (Fsp3) is 0.115. The van der Waals surface area contributed by atoms with Crippen molar-refractivity contribution in [3.63, 3.8) is 0 Å². The molecule has 0 aromatic heterocycles. The van der Waals surface area contributed by atoms with Gasteiger partial charge in [0.15, 0.2) is 0 Å². The van der Waals surface area contributed by atoms with E-state index in [1.54, 1.807) is 50.4 Å². The molecule has 0 aliphatic carbocycles. The molecule has 0 heterocycles. The molecule has 0 radical (unpaired) electrons. The number of hydrogen-bond acceptors (Lipinski definition) is 6. The van der Waals surface area contributed by atoms with E-state index in [1.807, 2.05) is 18.2 Å². The van der Waals surface area contributed by atoms with Crippen LogP contribution in [-0.4, -0.2) is 31.7 Å². The summed E-state index contributed by atoms with van der Waals surface area (Å²) in [5.74, 6) is 0.197. The Morgan fingerprint density at radius 1 is 0.853 bits per heavy atom. The number of rotatable bonds is 8. The molecule has 8 heteroatoms. The van der Waals surface area contributed by atoms with Gasteiger partial charge in [-0.3, -0.25) is 9.59 Å². The number of carbonyl (C=O) groups excluding carboxylic acids is 3. The molecule has 34 heavy (non-hydrogen) atoms. The average molecular weight is 460 g/mol. The molecule has 3 aromatic carbocycles. The first-order valence-corrected chi connectivity index (χ1v) is 10.5. The van der Waals surface area contributed by atoms with Crippen LogP contribution in [0.4, 0.5) is 16.2 Å². The third-order valence-electron chi connectivity index (χ3n) is 4.53. The SMILES string of the molecule is CCOC(=O)Oc1ccc(C(=O)Nc2ccccc2NC(=O)/C=C/c2cccc(OC)c2)cc1. The van der Waals surface area contributed by atoms with Crippen molar-refractivity contribution in [2.24, 2.45) is 0 Å². The van der Waals surface area contributed by atoms with E-state index in [4.69, 9.17) is 14.2 Å². The highest BCUT2D eigenvalue weighted by Crippen LogP contribution is 2.23. The van der Waals surface area contributed by atoms with Crippen molar-refractivity contribution >= 4 is 35.4 Å². The molecule has 0 atom stereocenters. The molecule has 0 saturated heterocycles. The molecule has 3 aromatic rings. The lowest BCUT2D eigenvalue weighted by Gasteiger charge is -2.12. The standard InChI is InChI=1S/C26H24N2O6/c1-3-33-26(31)34-20-14-12-19(13-15-20)25(30)28-23-10-5-4-9-22(23)27-24(29)16-11-18-7-6-8-21(17-18)32-2/h4-17H,3H2,1-2H3,(H,27,29)(H,28,30)/b16-11+. The van der Waals surface area contributed by atoms with Gasteiger partial charge in [0, 0.05) is 11.6 Å². The number of para-hydroxylation sites is 2. The number of benzene rings is 3.